The predicted octanol–water partition coefficient (Wildman–Crippen LogP) is 2.78. The number of anilines is 1. The van der Waals surface area contributed by atoms with Crippen LogP contribution in [-0.4, -0.2) is 16.6 Å². The van der Waals surface area contributed by atoms with Crippen LogP contribution in [0.15, 0.2) is 18.3 Å². The highest BCUT2D eigenvalue weighted by molar-refractivity contribution is 6.04. The van der Waals surface area contributed by atoms with Crippen molar-refractivity contribution in [3.05, 3.63) is 52.6 Å². The molecule has 6 nitrogen and oxygen atoms in total. The number of amides is 2. The maximum atomic E-state index is 13.3. The number of halogens is 3. The van der Waals surface area contributed by atoms with Gasteiger partial charge in [0.1, 0.15) is 11.8 Å². The zero-order valence-corrected chi connectivity index (χ0v) is 13.1. The molecule has 0 saturated carbocycles. The van der Waals surface area contributed by atoms with Crippen LogP contribution in [0.2, 0.25) is 0 Å². The third kappa shape index (κ3) is 3.04. The highest BCUT2D eigenvalue weighted by Crippen LogP contribution is 2.37. The molecule has 1 aliphatic rings. The number of carbonyl (C=O) groups excluding carboxylic acids is 2. The van der Waals surface area contributed by atoms with Gasteiger partial charge in [-0.3, -0.25) is 4.79 Å². The van der Waals surface area contributed by atoms with Crippen LogP contribution in [0.1, 0.15) is 34.1 Å². The lowest BCUT2D eigenvalue weighted by Crippen LogP contribution is -2.17. The highest BCUT2D eigenvalue weighted by atomic mass is 19.2. The van der Waals surface area contributed by atoms with Crippen molar-refractivity contribution in [3.8, 4) is 0 Å². The van der Waals surface area contributed by atoms with E-state index in [9.17, 15) is 22.8 Å². The number of hydrogen-bond acceptors (Lipinski definition) is 3. The van der Waals surface area contributed by atoms with E-state index in [1.54, 1.807) is 13.2 Å². The predicted molar refractivity (Wildman–Crippen MR) is 81.4 cm³/mol. The summed E-state index contributed by atoms with van der Waals surface area (Å²) in [5.74, 6) is -5.03. The minimum absolute atomic E-state index is 0.209. The minimum atomic E-state index is -1.61. The minimum Gasteiger partial charge on any atom is -0.441 e. The Morgan fingerprint density at radius 3 is 2.52 bits per heavy atom. The Kier molecular flexibility index (Phi) is 4.15. The summed E-state index contributed by atoms with van der Waals surface area (Å²) in [6, 6.07) is 1.39. The fraction of sp³-hybridized carbons (Fsp3) is 0.250. The quantitative estimate of drug-likeness (QED) is 0.832. The second-order valence-corrected chi connectivity index (χ2v) is 5.69. The molecule has 1 atom stereocenters. The molecule has 0 spiro atoms. The molecule has 1 aliphatic carbocycles. The van der Waals surface area contributed by atoms with Crippen LogP contribution in [0.3, 0.4) is 0 Å². The third-order valence-corrected chi connectivity index (χ3v) is 4.04. The monoisotopic (exact) mass is 353 g/mol. The molecule has 3 N–H and O–H groups in total. The Labute approximate surface area is 140 Å². The van der Waals surface area contributed by atoms with Crippen LogP contribution in [-0.2, 0) is 18.2 Å². The Morgan fingerprint density at radius 1 is 1.28 bits per heavy atom. The number of aromatic nitrogens is 1. The first-order valence-corrected chi connectivity index (χ1v) is 7.38. The first-order valence-electron chi connectivity index (χ1n) is 7.38. The van der Waals surface area contributed by atoms with Crippen molar-refractivity contribution in [2.75, 3.05) is 5.32 Å². The van der Waals surface area contributed by atoms with E-state index in [1.165, 1.54) is 4.57 Å². The maximum Gasteiger partial charge on any atom is 0.405 e. The van der Waals surface area contributed by atoms with Gasteiger partial charge < -0.3 is 20.4 Å². The van der Waals surface area contributed by atoms with Gasteiger partial charge >= 0.3 is 6.09 Å². The highest BCUT2D eigenvalue weighted by Gasteiger charge is 2.32. The van der Waals surface area contributed by atoms with Crippen molar-refractivity contribution < 1.29 is 27.5 Å². The van der Waals surface area contributed by atoms with Crippen LogP contribution < -0.4 is 11.1 Å². The number of carbonyl (C=O) groups is 2. The average Bonchev–Trinajstić information content (AvgIpc) is 3.03. The van der Waals surface area contributed by atoms with E-state index in [-0.39, 0.29) is 11.4 Å². The van der Waals surface area contributed by atoms with Crippen LogP contribution in [0.5, 0.6) is 0 Å². The molecule has 1 heterocycles. The molecule has 0 radical (unpaired) electrons. The Balaban J connectivity index is 1.88. The number of fused-ring (bicyclic) bond motifs is 1. The number of benzene rings is 1. The molecule has 1 aromatic carbocycles. The maximum absolute atomic E-state index is 13.3. The summed E-state index contributed by atoms with van der Waals surface area (Å²) in [5.41, 5.74) is 6.40. The van der Waals surface area contributed by atoms with Crippen LogP contribution in [0, 0.1) is 17.5 Å². The average molecular weight is 353 g/mol. The van der Waals surface area contributed by atoms with Crippen molar-refractivity contribution >= 4 is 17.7 Å². The van der Waals surface area contributed by atoms with Gasteiger partial charge in [-0.1, -0.05) is 0 Å². The molecule has 3 rings (SSSR count). The van der Waals surface area contributed by atoms with Gasteiger partial charge in [-0.05, 0) is 18.4 Å². The van der Waals surface area contributed by atoms with Gasteiger partial charge in [0, 0.05) is 36.6 Å². The molecular weight excluding hydrogens is 339 g/mol. The second kappa shape index (κ2) is 6.15. The van der Waals surface area contributed by atoms with E-state index in [0.29, 0.717) is 36.1 Å². The summed E-state index contributed by atoms with van der Waals surface area (Å²) < 4.78 is 46.1. The van der Waals surface area contributed by atoms with Gasteiger partial charge in [0.15, 0.2) is 17.5 Å². The van der Waals surface area contributed by atoms with E-state index in [1.807, 2.05) is 0 Å². The normalized spacial score (nSPS) is 15.8. The van der Waals surface area contributed by atoms with Crippen molar-refractivity contribution in [1.29, 1.82) is 0 Å². The summed E-state index contributed by atoms with van der Waals surface area (Å²) in [6.45, 7) is 0. The van der Waals surface area contributed by atoms with Crippen molar-refractivity contribution in [3.63, 3.8) is 0 Å². The van der Waals surface area contributed by atoms with Gasteiger partial charge in [0.05, 0.1) is 0 Å². The number of nitrogens with two attached hydrogens (primary N) is 1. The first-order chi connectivity index (χ1) is 11.8. The summed E-state index contributed by atoms with van der Waals surface area (Å²) >= 11 is 0. The lowest BCUT2D eigenvalue weighted by atomic mass is 10.1. The molecule has 9 heteroatoms. The molecule has 1 unspecified atom stereocenters. The number of hydrogen-bond donors (Lipinski definition) is 2. The third-order valence-electron chi connectivity index (χ3n) is 4.04. The second-order valence-electron chi connectivity index (χ2n) is 5.69. The lowest BCUT2D eigenvalue weighted by Gasteiger charge is -2.09. The van der Waals surface area contributed by atoms with Crippen LogP contribution in [0.4, 0.5) is 23.7 Å². The summed E-state index contributed by atoms with van der Waals surface area (Å²) in [4.78, 5) is 23.4. The van der Waals surface area contributed by atoms with Crippen molar-refractivity contribution in [2.24, 2.45) is 12.8 Å². The number of ether oxygens (including phenoxy) is 1. The van der Waals surface area contributed by atoms with Crippen LogP contribution in [0.25, 0.3) is 0 Å². The number of rotatable bonds is 3. The van der Waals surface area contributed by atoms with Crippen molar-refractivity contribution in [2.45, 2.75) is 18.9 Å². The van der Waals surface area contributed by atoms with Gasteiger partial charge in [0.25, 0.3) is 5.91 Å². The SMILES string of the molecule is Cn1cc2c(c1C(=O)Nc1cc(F)c(F)c(F)c1)CCC2OC(N)=O. The zero-order valence-electron chi connectivity index (χ0n) is 13.1. The first kappa shape index (κ1) is 16.9. The van der Waals surface area contributed by atoms with Gasteiger partial charge in [-0.2, -0.15) is 0 Å². The molecule has 1 aromatic heterocycles. The fourth-order valence-electron chi connectivity index (χ4n) is 3.05. The van der Waals surface area contributed by atoms with E-state index in [4.69, 9.17) is 10.5 Å². The van der Waals surface area contributed by atoms with Crippen molar-refractivity contribution in [1.82, 2.24) is 4.57 Å². The lowest BCUT2D eigenvalue weighted by molar-refractivity contribution is 0.101. The fourth-order valence-corrected chi connectivity index (χ4v) is 3.05. The topological polar surface area (TPSA) is 86.3 Å². The summed E-state index contributed by atoms with van der Waals surface area (Å²) in [5, 5.41) is 2.34. The largest absolute Gasteiger partial charge is 0.441 e. The molecule has 25 heavy (non-hydrogen) atoms. The Bertz CT molecular complexity index is 856. The molecule has 0 fully saturated rings. The molecule has 2 aromatic rings. The Morgan fingerprint density at radius 2 is 1.92 bits per heavy atom. The number of primary amides is 1. The zero-order chi connectivity index (χ0) is 18.3. The van der Waals surface area contributed by atoms with E-state index < -0.39 is 35.6 Å². The molecular formula is C16H14F3N3O3. The molecule has 132 valence electrons. The number of nitrogens with one attached hydrogen (secondary N) is 1. The van der Waals surface area contributed by atoms with E-state index in [0.717, 1.165) is 0 Å². The summed E-state index contributed by atoms with van der Waals surface area (Å²) in [6.07, 6.45) is 1.14. The van der Waals surface area contributed by atoms with E-state index >= 15 is 0 Å². The summed E-state index contributed by atoms with van der Waals surface area (Å²) in [7, 11) is 1.61. The smallest absolute Gasteiger partial charge is 0.405 e. The van der Waals surface area contributed by atoms with E-state index in [2.05, 4.69) is 5.32 Å². The van der Waals surface area contributed by atoms with Gasteiger partial charge in [-0.25, -0.2) is 18.0 Å². The molecule has 0 saturated heterocycles. The molecule has 2 amide bonds. The van der Waals surface area contributed by atoms with Gasteiger partial charge in [-0.15, -0.1) is 0 Å². The standard InChI is InChI=1S/C16H14F3N3O3/c1-22-6-9-8(2-3-12(9)25-16(20)24)14(22)15(23)21-7-4-10(17)13(19)11(18)5-7/h4-6,12H,2-3H2,1H3,(H2,20,24)(H,21,23). The van der Waals surface area contributed by atoms with Crippen LogP contribution >= 0.6 is 0 Å². The molecule has 0 bridgehead atoms. The molecule has 0 aliphatic heterocycles. The van der Waals surface area contributed by atoms with Gasteiger partial charge in [0.2, 0.25) is 0 Å². The Hall–Kier alpha value is -2.97. The number of nitrogens with zero attached hydrogens (tertiary/aromatic N) is 1. The number of aryl methyl sites for hydroxylation is 1.